The summed E-state index contributed by atoms with van der Waals surface area (Å²) < 4.78 is 25.9. The minimum atomic E-state index is -0.519. The molecule has 0 saturated carbocycles. The quantitative estimate of drug-likeness (QED) is 0.388. The highest BCUT2D eigenvalue weighted by Crippen LogP contribution is 2.46. The zero-order chi connectivity index (χ0) is 25.5. The van der Waals surface area contributed by atoms with Gasteiger partial charge in [-0.1, -0.05) is 12.1 Å². The third-order valence-electron chi connectivity index (χ3n) is 7.21. The fraction of sp³-hybridized carbons (Fsp3) is 0.214. The number of hydrogen-bond acceptors (Lipinski definition) is 4. The Kier molecular flexibility index (Phi) is 4.67. The summed E-state index contributed by atoms with van der Waals surface area (Å²) >= 11 is 0. The van der Waals surface area contributed by atoms with Crippen molar-refractivity contribution in [2.24, 2.45) is 14.1 Å². The third-order valence-corrected chi connectivity index (χ3v) is 7.21. The lowest BCUT2D eigenvalue weighted by Gasteiger charge is -2.30. The van der Waals surface area contributed by atoms with Gasteiger partial charge in [0.15, 0.2) is 0 Å². The largest absolute Gasteiger partial charge is 0.464 e. The van der Waals surface area contributed by atoms with E-state index >= 15 is 4.39 Å². The van der Waals surface area contributed by atoms with Crippen molar-refractivity contribution in [3.63, 3.8) is 0 Å². The highest BCUT2D eigenvalue weighted by molar-refractivity contribution is 5.99. The monoisotopic (exact) mass is 484 g/mol. The van der Waals surface area contributed by atoms with Crippen LogP contribution in [0, 0.1) is 26.6 Å². The molecule has 7 nitrogen and oxygen atoms in total. The molecule has 0 saturated heterocycles. The summed E-state index contributed by atoms with van der Waals surface area (Å²) in [5.74, 6) is 0.911. The first-order valence-corrected chi connectivity index (χ1v) is 11.7. The highest BCUT2D eigenvalue weighted by atomic mass is 19.1. The van der Waals surface area contributed by atoms with E-state index in [1.54, 1.807) is 25.2 Å². The van der Waals surface area contributed by atoms with Gasteiger partial charge in [-0.15, -0.1) is 0 Å². The number of furan rings is 1. The number of halogens is 1. The predicted molar refractivity (Wildman–Crippen MR) is 138 cm³/mol. The normalized spacial score (nSPS) is 14.6. The standard InChI is InChI=1S/C28H25FN4O3/c1-14-12-19-20(13-15(14)2)33-24(17-8-6-7-9-18(17)29)22-25(31(4)28(35)32(5)27(22)34)26(33)23(30-19)21-11-10-16(3)36-21/h6-13,23,30H,1-5H3. The predicted octanol–water partition coefficient (Wildman–Crippen LogP) is 4.87. The Morgan fingerprint density at radius 2 is 1.67 bits per heavy atom. The maximum atomic E-state index is 15.4. The van der Waals surface area contributed by atoms with Crippen LogP contribution in [0.1, 0.15) is 34.4 Å². The molecule has 2 aromatic carbocycles. The molecule has 1 atom stereocenters. The van der Waals surface area contributed by atoms with E-state index in [4.69, 9.17) is 4.42 Å². The number of aryl methyl sites for hydroxylation is 4. The van der Waals surface area contributed by atoms with E-state index in [1.807, 2.05) is 49.6 Å². The molecule has 182 valence electrons. The molecule has 36 heavy (non-hydrogen) atoms. The Balaban J connectivity index is 1.90. The molecule has 3 aromatic heterocycles. The summed E-state index contributed by atoms with van der Waals surface area (Å²) in [6, 6.07) is 13.7. The number of fused-ring (bicyclic) bond motifs is 5. The molecular weight excluding hydrogens is 459 g/mol. The van der Waals surface area contributed by atoms with Crippen LogP contribution in [0.15, 0.2) is 62.5 Å². The second-order valence-electron chi connectivity index (χ2n) is 9.46. The molecule has 0 fully saturated rings. The molecule has 1 unspecified atom stereocenters. The van der Waals surface area contributed by atoms with Gasteiger partial charge in [-0.3, -0.25) is 13.9 Å². The van der Waals surface area contributed by atoms with Gasteiger partial charge >= 0.3 is 5.69 Å². The summed E-state index contributed by atoms with van der Waals surface area (Å²) in [5.41, 5.74) is 4.58. The molecule has 0 radical (unpaired) electrons. The average Bonchev–Trinajstić information content (AvgIpc) is 3.44. The molecule has 1 N–H and O–H groups in total. The van der Waals surface area contributed by atoms with E-state index < -0.39 is 23.1 Å². The highest BCUT2D eigenvalue weighted by Gasteiger charge is 2.36. The maximum absolute atomic E-state index is 15.4. The Bertz CT molecular complexity index is 1840. The van der Waals surface area contributed by atoms with Crippen LogP contribution in [0.5, 0.6) is 0 Å². The summed E-state index contributed by atoms with van der Waals surface area (Å²) in [4.78, 5) is 26.8. The Hall–Kier alpha value is -4.33. The fourth-order valence-corrected chi connectivity index (χ4v) is 5.26. The number of nitrogens with zero attached hydrogens (tertiary/aromatic N) is 3. The first kappa shape index (κ1) is 22.2. The number of aromatic nitrogens is 3. The van der Waals surface area contributed by atoms with Crippen molar-refractivity contribution in [1.82, 2.24) is 13.7 Å². The van der Waals surface area contributed by atoms with Crippen molar-refractivity contribution in [3.05, 3.63) is 104 Å². The molecular formula is C28H25FN4O3. The van der Waals surface area contributed by atoms with Crippen LogP contribution in [-0.4, -0.2) is 13.7 Å². The first-order valence-electron chi connectivity index (χ1n) is 11.7. The van der Waals surface area contributed by atoms with Crippen molar-refractivity contribution in [2.45, 2.75) is 26.8 Å². The minimum Gasteiger partial charge on any atom is -0.464 e. The van der Waals surface area contributed by atoms with Gasteiger partial charge in [-0.25, -0.2) is 9.18 Å². The maximum Gasteiger partial charge on any atom is 0.331 e. The van der Waals surface area contributed by atoms with Gasteiger partial charge < -0.3 is 14.3 Å². The lowest BCUT2D eigenvalue weighted by Crippen LogP contribution is -2.37. The summed E-state index contributed by atoms with van der Waals surface area (Å²) in [6.45, 7) is 5.90. The number of benzene rings is 2. The molecule has 5 aromatic rings. The lowest BCUT2D eigenvalue weighted by atomic mass is 10.0. The number of hydrogen-bond donors (Lipinski definition) is 1. The molecule has 8 heteroatoms. The van der Waals surface area contributed by atoms with E-state index in [-0.39, 0.29) is 10.9 Å². The van der Waals surface area contributed by atoms with Crippen LogP contribution in [0.2, 0.25) is 0 Å². The topological polar surface area (TPSA) is 74.1 Å². The summed E-state index contributed by atoms with van der Waals surface area (Å²) in [7, 11) is 3.08. The Morgan fingerprint density at radius 3 is 2.36 bits per heavy atom. The zero-order valence-corrected chi connectivity index (χ0v) is 20.6. The molecule has 1 aliphatic heterocycles. The smallest absolute Gasteiger partial charge is 0.331 e. The molecule has 1 aliphatic rings. The van der Waals surface area contributed by atoms with Gasteiger partial charge in [-0.2, -0.15) is 0 Å². The van der Waals surface area contributed by atoms with Crippen LogP contribution in [0.25, 0.3) is 27.8 Å². The van der Waals surface area contributed by atoms with Gasteiger partial charge in [0.05, 0.1) is 33.7 Å². The molecule has 0 amide bonds. The van der Waals surface area contributed by atoms with Gasteiger partial charge in [-0.05, 0) is 68.3 Å². The van der Waals surface area contributed by atoms with Crippen molar-refractivity contribution in [2.75, 3.05) is 5.32 Å². The van der Waals surface area contributed by atoms with Crippen LogP contribution >= 0.6 is 0 Å². The Labute approximate surface area is 206 Å². The average molecular weight is 485 g/mol. The molecule has 0 aliphatic carbocycles. The number of anilines is 1. The van der Waals surface area contributed by atoms with Crippen molar-refractivity contribution in [3.8, 4) is 16.9 Å². The summed E-state index contributed by atoms with van der Waals surface area (Å²) in [6.07, 6.45) is 0. The van der Waals surface area contributed by atoms with Gasteiger partial charge in [0, 0.05) is 19.7 Å². The molecule has 6 rings (SSSR count). The Morgan fingerprint density at radius 1 is 0.944 bits per heavy atom. The number of nitrogens with one attached hydrogen (secondary N) is 1. The second-order valence-corrected chi connectivity index (χ2v) is 9.46. The van der Waals surface area contributed by atoms with Crippen LogP contribution in [-0.2, 0) is 14.1 Å². The minimum absolute atomic E-state index is 0.279. The van der Waals surface area contributed by atoms with Gasteiger partial charge in [0.25, 0.3) is 5.56 Å². The third kappa shape index (κ3) is 2.90. The lowest BCUT2D eigenvalue weighted by molar-refractivity contribution is 0.469. The zero-order valence-electron chi connectivity index (χ0n) is 20.6. The molecule has 0 bridgehead atoms. The van der Waals surface area contributed by atoms with Crippen LogP contribution < -0.4 is 16.6 Å². The van der Waals surface area contributed by atoms with Crippen molar-refractivity contribution in [1.29, 1.82) is 0 Å². The van der Waals surface area contributed by atoms with Crippen molar-refractivity contribution < 1.29 is 8.81 Å². The fourth-order valence-electron chi connectivity index (χ4n) is 5.26. The molecule has 0 spiro atoms. The van der Waals surface area contributed by atoms with E-state index in [0.29, 0.717) is 22.7 Å². The van der Waals surface area contributed by atoms with Gasteiger partial charge in [0.2, 0.25) is 0 Å². The molecule has 4 heterocycles. The van der Waals surface area contributed by atoms with E-state index in [0.717, 1.165) is 32.8 Å². The van der Waals surface area contributed by atoms with Crippen molar-refractivity contribution >= 4 is 16.6 Å². The van der Waals surface area contributed by atoms with E-state index in [9.17, 15) is 9.59 Å². The number of rotatable bonds is 2. The second kappa shape index (κ2) is 7.58. The SMILES string of the molecule is Cc1ccc(C2Nc3cc(C)c(C)cc3-n3c(-c4ccccc4F)c4c(=O)n(C)c(=O)n(C)c4c32)o1. The van der Waals surface area contributed by atoms with Gasteiger partial charge in [0.1, 0.15) is 23.4 Å². The first-order chi connectivity index (χ1) is 17.2. The van der Waals surface area contributed by atoms with E-state index in [2.05, 4.69) is 5.32 Å². The van der Waals surface area contributed by atoms with Crippen LogP contribution in [0.4, 0.5) is 10.1 Å². The van der Waals surface area contributed by atoms with Crippen LogP contribution in [0.3, 0.4) is 0 Å². The summed E-state index contributed by atoms with van der Waals surface area (Å²) in [5, 5.41) is 3.85. The van der Waals surface area contributed by atoms with E-state index in [1.165, 1.54) is 17.7 Å².